The highest BCUT2D eigenvalue weighted by molar-refractivity contribution is 9.10. The van der Waals surface area contributed by atoms with E-state index in [2.05, 4.69) is 15.9 Å². The Bertz CT molecular complexity index is 494. The SMILES string of the molecule is CC(C)N(CCC(N)=S)C(=O)c1ccc(Br)cc1Cl. The van der Waals surface area contributed by atoms with Gasteiger partial charge in [0, 0.05) is 23.5 Å². The van der Waals surface area contributed by atoms with Gasteiger partial charge in [-0.3, -0.25) is 4.79 Å². The van der Waals surface area contributed by atoms with E-state index in [4.69, 9.17) is 29.6 Å². The lowest BCUT2D eigenvalue weighted by Crippen LogP contribution is -2.39. The van der Waals surface area contributed by atoms with Crippen LogP contribution < -0.4 is 5.73 Å². The summed E-state index contributed by atoms with van der Waals surface area (Å²) in [5.74, 6) is -0.108. The summed E-state index contributed by atoms with van der Waals surface area (Å²) in [4.78, 5) is 14.6. The molecule has 0 atom stereocenters. The fourth-order valence-electron chi connectivity index (χ4n) is 1.64. The molecule has 19 heavy (non-hydrogen) atoms. The van der Waals surface area contributed by atoms with E-state index in [1.165, 1.54) is 0 Å². The molecule has 2 N–H and O–H groups in total. The number of halogens is 2. The van der Waals surface area contributed by atoms with Gasteiger partial charge >= 0.3 is 0 Å². The molecule has 0 spiro atoms. The highest BCUT2D eigenvalue weighted by Gasteiger charge is 2.20. The van der Waals surface area contributed by atoms with E-state index in [1.54, 1.807) is 23.1 Å². The smallest absolute Gasteiger partial charge is 0.255 e. The van der Waals surface area contributed by atoms with Crippen molar-refractivity contribution in [2.24, 2.45) is 5.73 Å². The number of carbonyl (C=O) groups excluding carboxylic acids is 1. The van der Waals surface area contributed by atoms with Gasteiger partial charge in [-0.2, -0.15) is 0 Å². The number of rotatable bonds is 5. The van der Waals surface area contributed by atoms with Crippen LogP contribution in [0.3, 0.4) is 0 Å². The average Bonchev–Trinajstić information content (AvgIpc) is 2.27. The predicted molar refractivity (Wildman–Crippen MR) is 86.7 cm³/mol. The highest BCUT2D eigenvalue weighted by Crippen LogP contribution is 2.23. The Balaban J connectivity index is 2.95. The maximum Gasteiger partial charge on any atom is 0.255 e. The van der Waals surface area contributed by atoms with Crippen molar-refractivity contribution in [3.63, 3.8) is 0 Å². The minimum Gasteiger partial charge on any atom is -0.393 e. The predicted octanol–water partition coefficient (Wildman–Crippen LogP) is 3.63. The highest BCUT2D eigenvalue weighted by atomic mass is 79.9. The number of nitrogens with zero attached hydrogens (tertiary/aromatic N) is 1. The van der Waals surface area contributed by atoms with Crippen LogP contribution in [0.2, 0.25) is 5.02 Å². The standard InChI is InChI=1S/C13H16BrClN2OS/c1-8(2)17(6-5-12(16)19)13(18)10-4-3-9(14)7-11(10)15/h3-4,7-8H,5-6H2,1-2H3,(H2,16,19). The summed E-state index contributed by atoms with van der Waals surface area (Å²) in [7, 11) is 0. The number of nitrogens with two attached hydrogens (primary N) is 1. The topological polar surface area (TPSA) is 46.3 Å². The summed E-state index contributed by atoms with van der Waals surface area (Å²) in [6.45, 7) is 4.40. The summed E-state index contributed by atoms with van der Waals surface area (Å²) in [6, 6.07) is 5.28. The Labute approximate surface area is 132 Å². The molecule has 6 heteroatoms. The zero-order valence-corrected chi connectivity index (χ0v) is 14.0. The van der Waals surface area contributed by atoms with Gasteiger partial charge in [-0.05, 0) is 32.0 Å². The van der Waals surface area contributed by atoms with Crippen molar-refractivity contribution in [1.29, 1.82) is 0 Å². The minimum absolute atomic E-state index is 0.0570. The van der Waals surface area contributed by atoms with Gasteiger partial charge in [-0.1, -0.05) is 39.7 Å². The summed E-state index contributed by atoms with van der Waals surface area (Å²) < 4.78 is 0.841. The van der Waals surface area contributed by atoms with Gasteiger partial charge in [-0.25, -0.2) is 0 Å². The van der Waals surface area contributed by atoms with Gasteiger partial charge in [0.15, 0.2) is 0 Å². The van der Waals surface area contributed by atoms with Crippen LogP contribution in [0.5, 0.6) is 0 Å². The Hall–Kier alpha value is -0.650. The molecule has 0 radical (unpaired) electrons. The first-order valence-electron chi connectivity index (χ1n) is 5.87. The van der Waals surface area contributed by atoms with Crippen LogP contribution in [0.15, 0.2) is 22.7 Å². The van der Waals surface area contributed by atoms with E-state index in [9.17, 15) is 4.79 Å². The third-order valence-electron chi connectivity index (χ3n) is 2.64. The Morgan fingerprint density at radius 2 is 2.16 bits per heavy atom. The van der Waals surface area contributed by atoms with Gasteiger partial charge in [0.05, 0.1) is 15.6 Å². The maximum absolute atomic E-state index is 12.5. The van der Waals surface area contributed by atoms with Gasteiger partial charge in [0.1, 0.15) is 0 Å². The Morgan fingerprint density at radius 3 is 2.63 bits per heavy atom. The summed E-state index contributed by atoms with van der Waals surface area (Å²) in [5, 5.41) is 0.431. The molecule has 0 heterocycles. The van der Waals surface area contributed by atoms with Gasteiger partial charge in [0.25, 0.3) is 5.91 Å². The van der Waals surface area contributed by atoms with E-state index in [1.807, 2.05) is 13.8 Å². The molecule has 1 aromatic carbocycles. The summed E-state index contributed by atoms with van der Waals surface area (Å²) in [6.07, 6.45) is 0.507. The monoisotopic (exact) mass is 362 g/mol. The van der Waals surface area contributed by atoms with Crippen molar-refractivity contribution in [1.82, 2.24) is 4.90 Å². The van der Waals surface area contributed by atoms with Crippen LogP contribution in [0.4, 0.5) is 0 Å². The van der Waals surface area contributed by atoms with Gasteiger partial charge in [0.2, 0.25) is 0 Å². The quantitative estimate of drug-likeness (QED) is 0.813. The Kier molecular flexibility index (Phi) is 6.23. The zero-order valence-electron chi connectivity index (χ0n) is 10.8. The molecule has 3 nitrogen and oxygen atoms in total. The van der Waals surface area contributed by atoms with E-state index in [-0.39, 0.29) is 11.9 Å². The van der Waals surface area contributed by atoms with Crippen LogP contribution >= 0.6 is 39.7 Å². The molecule has 0 aliphatic heterocycles. The molecular weight excluding hydrogens is 348 g/mol. The first-order chi connectivity index (χ1) is 8.82. The van der Waals surface area contributed by atoms with Gasteiger partial charge < -0.3 is 10.6 Å². The molecule has 0 fully saturated rings. The van der Waals surface area contributed by atoms with Crippen LogP contribution in [0, 0.1) is 0 Å². The largest absolute Gasteiger partial charge is 0.393 e. The number of hydrogen-bond acceptors (Lipinski definition) is 2. The van der Waals surface area contributed by atoms with Crippen LogP contribution in [0.1, 0.15) is 30.6 Å². The van der Waals surface area contributed by atoms with E-state index in [0.717, 1.165) is 4.47 Å². The number of carbonyl (C=O) groups is 1. The van der Waals surface area contributed by atoms with E-state index >= 15 is 0 Å². The summed E-state index contributed by atoms with van der Waals surface area (Å²) in [5.41, 5.74) is 5.98. The minimum atomic E-state index is -0.108. The first-order valence-corrected chi connectivity index (χ1v) is 7.45. The molecule has 104 valence electrons. The van der Waals surface area contributed by atoms with Crippen molar-refractivity contribution >= 4 is 50.6 Å². The molecule has 1 aromatic rings. The lowest BCUT2D eigenvalue weighted by Gasteiger charge is -2.27. The fourth-order valence-corrected chi connectivity index (χ4v) is 2.49. The molecule has 0 aliphatic carbocycles. The van der Waals surface area contributed by atoms with Crippen molar-refractivity contribution < 1.29 is 4.79 Å². The van der Waals surface area contributed by atoms with E-state index < -0.39 is 0 Å². The second kappa shape index (κ2) is 7.22. The number of thiocarbonyl (C=S) groups is 1. The fraction of sp³-hybridized carbons (Fsp3) is 0.385. The molecule has 0 saturated heterocycles. The molecule has 0 aliphatic rings. The summed E-state index contributed by atoms with van der Waals surface area (Å²) >= 11 is 14.3. The third kappa shape index (κ3) is 4.75. The molecular formula is C13H16BrClN2OS. The number of hydrogen-bond donors (Lipinski definition) is 1. The van der Waals surface area contributed by atoms with E-state index in [0.29, 0.717) is 28.5 Å². The second-order valence-corrected chi connectivity index (χ2v) is 6.28. The molecule has 0 bridgehead atoms. The molecule has 1 amide bonds. The van der Waals surface area contributed by atoms with Crippen molar-refractivity contribution in [3.05, 3.63) is 33.3 Å². The molecule has 0 aromatic heterocycles. The number of amides is 1. The first kappa shape index (κ1) is 16.4. The van der Waals surface area contributed by atoms with Crippen LogP contribution in [0.25, 0.3) is 0 Å². The lowest BCUT2D eigenvalue weighted by molar-refractivity contribution is 0.0712. The molecule has 1 rings (SSSR count). The zero-order chi connectivity index (χ0) is 14.6. The maximum atomic E-state index is 12.5. The molecule has 0 unspecified atom stereocenters. The van der Waals surface area contributed by atoms with Crippen molar-refractivity contribution in [3.8, 4) is 0 Å². The third-order valence-corrected chi connectivity index (χ3v) is 3.65. The molecule has 0 saturated carbocycles. The van der Waals surface area contributed by atoms with Crippen LogP contribution in [-0.2, 0) is 0 Å². The second-order valence-electron chi connectivity index (χ2n) is 4.43. The Morgan fingerprint density at radius 1 is 1.53 bits per heavy atom. The normalized spacial score (nSPS) is 10.6. The van der Waals surface area contributed by atoms with Crippen molar-refractivity contribution in [2.45, 2.75) is 26.3 Å². The van der Waals surface area contributed by atoms with Crippen LogP contribution in [-0.4, -0.2) is 28.4 Å². The van der Waals surface area contributed by atoms with Gasteiger partial charge in [-0.15, -0.1) is 0 Å². The van der Waals surface area contributed by atoms with Crippen molar-refractivity contribution in [2.75, 3.05) is 6.54 Å². The number of benzene rings is 1. The lowest BCUT2D eigenvalue weighted by atomic mass is 10.1. The average molecular weight is 364 g/mol.